The third kappa shape index (κ3) is 46.5. The molecule has 0 amide bonds. The average Bonchev–Trinajstić information content (AvgIpc) is 3.23. The smallest absolute Gasteiger partial charge is 0.457 e. The van der Waals surface area contributed by atoms with Gasteiger partial charge in [-0.15, -0.1) is 0 Å². The Morgan fingerprint density at radius 3 is 1.27 bits per heavy atom. The molecule has 0 aromatic heterocycles. The zero-order valence-electron chi connectivity index (χ0n) is 38.7. The number of unbranched alkanes of at least 4 members (excludes halogenated alkanes) is 33. The van der Waals surface area contributed by atoms with Gasteiger partial charge < -0.3 is 24.6 Å². The number of phosphoric ester groups is 1. The molecule has 9 nitrogen and oxygen atoms in total. The summed E-state index contributed by atoms with van der Waals surface area (Å²) in [6.07, 6.45) is 48.9. The molecule has 352 valence electrons. The predicted octanol–water partition coefficient (Wildman–Crippen LogP) is 14.4. The van der Waals surface area contributed by atoms with Gasteiger partial charge in [-0.05, 0) is 38.5 Å². The fraction of sp³-hybridized carbons (Fsp3) is 0.939. The van der Waals surface area contributed by atoms with E-state index in [1.165, 1.54) is 193 Å². The highest BCUT2D eigenvalue weighted by molar-refractivity contribution is 7.47. The standard InChI is InChI=1S/C49H97O9P/c1-3-5-7-9-11-13-15-17-19-21-23-24-26-28-30-32-34-36-38-40-42-55-45-48(46-57-59(53,54)56-44-47(51)43-50)58-49(52)41-39-37-35-33-31-29-27-25-22-20-18-16-14-12-10-8-6-4-2/h20,22,47-48,50-51H,3-19,21,23-46H2,1-2H3,(H,53,54)/b22-20-. The van der Waals surface area contributed by atoms with E-state index in [0.717, 1.165) is 38.5 Å². The van der Waals surface area contributed by atoms with E-state index in [-0.39, 0.29) is 25.6 Å². The lowest BCUT2D eigenvalue weighted by Gasteiger charge is -2.20. The van der Waals surface area contributed by atoms with Crippen LogP contribution in [0.15, 0.2) is 12.2 Å². The normalized spacial score (nSPS) is 13.9. The Kier molecular flexibility index (Phi) is 46.1. The number of aliphatic hydroxyl groups is 2. The maximum atomic E-state index is 12.7. The number of rotatable bonds is 49. The lowest BCUT2D eigenvalue weighted by Crippen LogP contribution is -2.29. The van der Waals surface area contributed by atoms with Crippen LogP contribution < -0.4 is 0 Å². The average molecular weight is 861 g/mol. The van der Waals surface area contributed by atoms with Crippen molar-refractivity contribution in [3.63, 3.8) is 0 Å². The van der Waals surface area contributed by atoms with E-state index in [0.29, 0.717) is 6.61 Å². The molecule has 0 heterocycles. The molecule has 3 unspecified atom stereocenters. The Bertz CT molecular complexity index is 933. The number of carbonyl (C=O) groups is 1. The van der Waals surface area contributed by atoms with Crippen LogP contribution in [0.4, 0.5) is 0 Å². The van der Waals surface area contributed by atoms with Crippen molar-refractivity contribution in [3.8, 4) is 0 Å². The number of esters is 1. The van der Waals surface area contributed by atoms with Crippen molar-refractivity contribution >= 4 is 13.8 Å². The molecule has 0 radical (unpaired) electrons. The third-order valence-corrected chi connectivity index (χ3v) is 12.2. The van der Waals surface area contributed by atoms with Crippen LogP contribution in [-0.4, -0.2) is 66.3 Å². The van der Waals surface area contributed by atoms with Gasteiger partial charge in [0.25, 0.3) is 0 Å². The summed E-state index contributed by atoms with van der Waals surface area (Å²) >= 11 is 0. The molecule has 0 aromatic carbocycles. The van der Waals surface area contributed by atoms with E-state index in [4.69, 9.17) is 23.6 Å². The second kappa shape index (κ2) is 46.7. The molecule has 3 N–H and O–H groups in total. The number of aliphatic hydroxyl groups excluding tert-OH is 2. The number of phosphoric acid groups is 1. The van der Waals surface area contributed by atoms with E-state index in [9.17, 15) is 19.4 Å². The summed E-state index contributed by atoms with van der Waals surface area (Å²) in [5.41, 5.74) is 0. The number of carbonyl (C=O) groups excluding carboxylic acids is 1. The molecule has 0 saturated heterocycles. The molecule has 0 saturated carbocycles. The van der Waals surface area contributed by atoms with Crippen LogP contribution in [0.1, 0.15) is 251 Å². The zero-order chi connectivity index (χ0) is 43.2. The van der Waals surface area contributed by atoms with Gasteiger partial charge in [0.2, 0.25) is 0 Å². The van der Waals surface area contributed by atoms with Gasteiger partial charge in [0.05, 0.1) is 26.4 Å². The second-order valence-electron chi connectivity index (χ2n) is 17.2. The minimum Gasteiger partial charge on any atom is -0.457 e. The second-order valence-corrected chi connectivity index (χ2v) is 18.6. The molecule has 3 atom stereocenters. The first kappa shape index (κ1) is 58.2. The van der Waals surface area contributed by atoms with Crippen LogP contribution in [0.2, 0.25) is 0 Å². The Hall–Kier alpha value is -0.800. The summed E-state index contributed by atoms with van der Waals surface area (Å²) in [4.78, 5) is 22.7. The first-order chi connectivity index (χ1) is 28.8. The highest BCUT2D eigenvalue weighted by atomic mass is 31.2. The van der Waals surface area contributed by atoms with Crippen molar-refractivity contribution in [2.45, 2.75) is 264 Å². The third-order valence-electron chi connectivity index (χ3n) is 11.2. The summed E-state index contributed by atoms with van der Waals surface area (Å²) in [5.74, 6) is -0.381. The van der Waals surface area contributed by atoms with Crippen molar-refractivity contribution in [1.82, 2.24) is 0 Å². The predicted molar refractivity (Wildman–Crippen MR) is 247 cm³/mol. The Labute approximate surface area is 364 Å². The Balaban J connectivity index is 4.05. The molecular formula is C49H97O9P. The van der Waals surface area contributed by atoms with E-state index in [1.54, 1.807) is 0 Å². The van der Waals surface area contributed by atoms with Gasteiger partial charge in [-0.25, -0.2) is 4.57 Å². The SMILES string of the molecule is CCCCCCCCC/C=C\CCCCCCCCCC(=O)OC(COCCCCCCCCCCCCCCCCCCCCCC)COP(=O)(O)OCC(O)CO. The Morgan fingerprint density at radius 2 is 0.864 bits per heavy atom. The molecule has 10 heteroatoms. The number of hydrogen-bond acceptors (Lipinski definition) is 8. The van der Waals surface area contributed by atoms with Crippen LogP contribution >= 0.6 is 7.82 Å². The molecule has 0 fully saturated rings. The number of allylic oxidation sites excluding steroid dienone is 2. The van der Waals surface area contributed by atoms with Crippen molar-refractivity contribution in [2.75, 3.05) is 33.0 Å². The number of ether oxygens (including phenoxy) is 2. The largest absolute Gasteiger partial charge is 0.472 e. The van der Waals surface area contributed by atoms with Gasteiger partial charge in [0.1, 0.15) is 12.2 Å². The molecule has 0 aliphatic rings. The molecule has 0 bridgehead atoms. The van der Waals surface area contributed by atoms with E-state index < -0.39 is 33.2 Å². The number of hydrogen-bond donors (Lipinski definition) is 3. The highest BCUT2D eigenvalue weighted by Gasteiger charge is 2.26. The summed E-state index contributed by atoms with van der Waals surface area (Å²) < 4.78 is 33.5. The molecule has 0 aliphatic carbocycles. The zero-order valence-corrected chi connectivity index (χ0v) is 39.6. The molecule has 0 spiro atoms. The van der Waals surface area contributed by atoms with Crippen molar-refractivity contribution < 1.29 is 43.0 Å². The molecule has 0 rings (SSSR count). The van der Waals surface area contributed by atoms with Crippen LogP contribution in [-0.2, 0) is 27.9 Å². The fourth-order valence-electron chi connectivity index (χ4n) is 7.35. The first-order valence-electron chi connectivity index (χ1n) is 25.2. The van der Waals surface area contributed by atoms with Gasteiger partial charge in [-0.2, -0.15) is 0 Å². The van der Waals surface area contributed by atoms with E-state index in [1.807, 2.05) is 0 Å². The van der Waals surface area contributed by atoms with Crippen LogP contribution in [0.25, 0.3) is 0 Å². The highest BCUT2D eigenvalue weighted by Crippen LogP contribution is 2.43. The molecular weight excluding hydrogens is 764 g/mol. The van der Waals surface area contributed by atoms with Gasteiger partial charge in [0, 0.05) is 13.0 Å². The minimum atomic E-state index is -4.52. The summed E-state index contributed by atoms with van der Waals surface area (Å²) in [6, 6.07) is 0. The van der Waals surface area contributed by atoms with Crippen molar-refractivity contribution in [1.29, 1.82) is 0 Å². The van der Waals surface area contributed by atoms with Crippen molar-refractivity contribution in [2.24, 2.45) is 0 Å². The minimum absolute atomic E-state index is 0.0540. The molecule has 59 heavy (non-hydrogen) atoms. The summed E-state index contributed by atoms with van der Waals surface area (Å²) in [6.45, 7) is 3.58. The van der Waals surface area contributed by atoms with Crippen molar-refractivity contribution in [3.05, 3.63) is 12.2 Å². The quantitative estimate of drug-likeness (QED) is 0.0237. The van der Waals surface area contributed by atoms with Gasteiger partial charge >= 0.3 is 13.8 Å². The first-order valence-corrected chi connectivity index (χ1v) is 26.7. The molecule has 0 aromatic rings. The summed E-state index contributed by atoms with van der Waals surface area (Å²) in [5, 5.41) is 18.4. The molecule has 0 aliphatic heterocycles. The maximum absolute atomic E-state index is 12.7. The lowest BCUT2D eigenvalue weighted by molar-refractivity contribution is -0.154. The summed E-state index contributed by atoms with van der Waals surface area (Å²) in [7, 11) is -4.52. The van der Waals surface area contributed by atoms with Crippen LogP contribution in [0.3, 0.4) is 0 Å². The topological polar surface area (TPSA) is 132 Å². The van der Waals surface area contributed by atoms with Crippen LogP contribution in [0, 0.1) is 0 Å². The maximum Gasteiger partial charge on any atom is 0.472 e. The van der Waals surface area contributed by atoms with Crippen LogP contribution in [0.5, 0.6) is 0 Å². The Morgan fingerprint density at radius 1 is 0.508 bits per heavy atom. The van der Waals surface area contributed by atoms with E-state index in [2.05, 4.69) is 26.0 Å². The van der Waals surface area contributed by atoms with Gasteiger partial charge in [-0.3, -0.25) is 13.8 Å². The van der Waals surface area contributed by atoms with Gasteiger partial charge in [-0.1, -0.05) is 219 Å². The monoisotopic (exact) mass is 861 g/mol. The fourth-order valence-corrected chi connectivity index (χ4v) is 8.14. The lowest BCUT2D eigenvalue weighted by atomic mass is 10.0. The van der Waals surface area contributed by atoms with Gasteiger partial charge in [0.15, 0.2) is 0 Å². The van der Waals surface area contributed by atoms with E-state index >= 15 is 0 Å².